The molecule has 5 heterocycles. The summed E-state index contributed by atoms with van der Waals surface area (Å²) in [6.45, 7) is 6.32. The van der Waals surface area contributed by atoms with E-state index in [2.05, 4.69) is 19.9 Å². The molecule has 0 N–H and O–H groups in total. The Balaban J connectivity index is 1.64. The summed E-state index contributed by atoms with van der Waals surface area (Å²) >= 11 is 6.00. The Morgan fingerprint density at radius 1 is 1.21 bits per heavy atom. The van der Waals surface area contributed by atoms with E-state index in [9.17, 15) is 13.4 Å². The lowest BCUT2D eigenvalue weighted by atomic mass is 9.99. The lowest BCUT2D eigenvalue weighted by molar-refractivity contribution is 0.00637. The van der Waals surface area contributed by atoms with E-state index >= 15 is 0 Å². The van der Waals surface area contributed by atoms with E-state index in [-0.39, 0.29) is 45.9 Å². The van der Waals surface area contributed by atoms with Crippen molar-refractivity contribution in [2.75, 3.05) is 24.3 Å². The summed E-state index contributed by atoms with van der Waals surface area (Å²) in [6.07, 6.45) is 3.32. The molecule has 9 nitrogen and oxygen atoms in total. The zero-order chi connectivity index (χ0) is 23.7. The molecule has 2 aromatic heterocycles. The second-order valence-electron chi connectivity index (χ2n) is 9.57. The Hall–Kier alpha value is -2.27. The van der Waals surface area contributed by atoms with Gasteiger partial charge in [0.25, 0.3) is 0 Å². The molecule has 4 atom stereocenters. The van der Waals surface area contributed by atoms with Gasteiger partial charge in [-0.3, -0.25) is 9.11 Å². The summed E-state index contributed by atoms with van der Waals surface area (Å²) in [6, 6.07) is -0.343. The molecule has 12 heteroatoms. The van der Waals surface area contributed by atoms with Crippen molar-refractivity contribution in [1.29, 1.82) is 0 Å². The Labute approximate surface area is 198 Å². The van der Waals surface area contributed by atoms with Crippen LogP contribution in [0.25, 0.3) is 10.9 Å². The third-order valence-corrected chi connectivity index (χ3v) is 7.20. The Kier molecular flexibility index (Phi) is 5.39. The number of pyridine rings is 1. The first-order valence-electron chi connectivity index (χ1n) is 10.9. The van der Waals surface area contributed by atoms with Gasteiger partial charge in [-0.1, -0.05) is 11.6 Å². The van der Waals surface area contributed by atoms with Crippen molar-refractivity contribution in [2.24, 2.45) is 0 Å². The standard InChI is InChI=1S/C21H25ClFN5O4S/c1-21(2,3)32-20(29)28-10-5-6-12(28)11-7-8-31-18-13-15(14(23)16(22)25-18)24-19(33(4)30)26-17(13)27(11)9-10/h10-12H,5-9H2,1-4H3/t10-,11?,12+,33?/m1/s1. The smallest absolute Gasteiger partial charge is 0.410 e. The van der Waals surface area contributed by atoms with Gasteiger partial charge in [-0.25, -0.2) is 19.2 Å². The van der Waals surface area contributed by atoms with Gasteiger partial charge >= 0.3 is 6.09 Å². The fourth-order valence-corrected chi connectivity index (χ4v) is 5.62. The van der Waals surface area contributed by atoms with Crippen molar-refractivity contribution in [1.82, 2.24) is 19.9 Å². The highest BCUT2D eigenvalue weighted by Crippen LogP contribution is 2.44. The van der Waals surface area contributed by atoms with Crippen LogP contribution in [-0.4, -0.2) is 73.3 Å². The van der Waals surface area contributed by atoms with Crippen LogP contribution in [0.2, 0.25) is 5.15 Å². The molecule has 0 radical (unpaired) electrons. The third kappa shape index (κ3) is 3.78. The molecule has 33 heavy (non-hydrogen) atoms. The van der Waals surface area contributed by atoms with E-state index in [0.29, 0.717) is 30.8 Å². The molecule has 0 aliphatic carbocycles. The van der Waals surface area contributed by atoms with Gasteiger partial charge in [-0.05, 0) is 33.6 Å². The van der Waals surface area contributed by atoms with Crippen molar-refractivity contribution < 1.29 is 22.9 Å². The fraction of sp³-hybridized carbons (Fsp3) is 0.619. The molecular weight excluding hydrogens is 473 g/mol. The molecule has 0 saturated carbocycles. The second kappa shape index (κ2) is 7.90. The molecule has 2 saturated heterocycles. The molecular formula is C21H25ClFN5O4S. The Morgan fingerprint density at radius 2 is 1.97 bits per heavy atom. The largest absolute Gasteiger partial charge is 0.477 e. The quantitative estimate of drug-likeness (QED) is 0.437. The first-order valence-corrected chi connectivity index (χ1v) is 12.8. The minimum Gasteiger partial charge on any atom is -0.477 e. The van der Waals surface area contributed by atoms with Crippen molar-refractivity contribution >= 4 is 45.2 Å². The van der Waals surface area contributed by atoms with Gasteiger partial charge in [0.05, 0.1) is 35.5 Å². The lowest BCUT2D eigenvalue weighted by Crippen LogP contribution is -2.62. The van der Waals surface area contributed by atoms with Crippen LogP contribution in [0.1, 0.15) is 40.0 Å². The number of aromatic nitrogens is 3. The van der Waals surface area contributed by atoms with E-state index in [4.69, 9.17) is 21.1 Å². The molecule has 178 valence electrons. The topological polar surface area (TPSA) is 97.7 Å². The van der Waals surface area contributed by atoms with E-state index in [0.717, 1.165) is 12.8 Å². The van der Waals surface area contributed by atoms with Crippen LogP contribution in [-0.2, 0) is 15.5 Å². The van der Waals surface area contributed by atoms with Crippen LogP contribution in [0.3, 0.4) is 0 Å². The predicted molar refractivity (Wildman–Crippen MR) is 121 cm³/mol. The molecule has 2 unspecified atom stereocenters. The number of ether oxygens (including phenoxy) is 2. The molecule has 0 aromatic carbocycles. The number of amides is 1. The normalized spacial score (nSPS) is 25.2. The average Bonchev–Trinajstić information content (AvgIpc) is 3.05. The number of hydrogen-bond acceptors (Lipinski definition) is 8. The summed E-state index contributed by atoms with van der Waals surface area (Å²) in [5, 5.41) is -0.0475. The minimum absolute atomic E-state index is 0.00542. The van der Waals surface area contributed by atoms with Crippen LogP contribution in [0.4, 0.5) is 15.0 Å². The number of halogens is 2. The maximum Gasteiger partial charge on any atom is 0.410 e. The summed E-state index contributed by atoms with van der Waals surface area (Å²) in [4.78, 5) is 29.8. The molecule has 2 fully saturated rings. The summed E-state index contributed by atoms with van der Waals surface area (Å²) < 4.78 is 38.8. The van der Waals surface area contributed by atoms with Crippen LogP contribution in [0.15, 0.2) is 5.16 Å². The average molecular weight is 498 g/mol. The number of piperazine rings is 1. The maximum atomic E-state index is 15.0. The third-order valence-electron chi connectivity index (χ3n) is 6.26. The molecule has 3 aliphatic heterocycles. The number of hydrogen-bond donors (Lipinski definition) is 0. The maximum absolute atomic E-state index is 15.0. The monoisotopic (exact) mass is 497 g/mol. The second-order valence-corrected chi connectivity index (χ2v) is 11.2. The number of nitrogens with zero attached hydrogens (tertiary/aromatic N) is 5. The number of carbonyl (C=O) groups excluding carboxylic acids is 1. The Bertz CT molecular complexity index is 1180. The first kappa shape index (κ1) is 22.5. The number of carbonyl (C=O) groups is 1. The summed E-state index contributed by atoms with van der Waals surface area (Å²) in [5.74, 6) is -0.240. The van der Waals surface area contributed by atoms with Crippen molar-refractivity contribution in [2.45, 2.75) is 68.9 Å². The zero-order valence-electron chi connectivity index (χ0n) is 18.8. The van der Waals surface area contributed by atoms with Crippen LogP contribution in [0, 0.1) is 5.82 Å². The van der Waals surface area contributed by atoms with Crippen LogP contribution < -0.4 is 9.64 Å². The highest BCUT2D eigenvalue weighted by molar-refractivity contribution is 7.84. The van der Waals surface area contributed by atoms with E-state index in [1.165, 1.54) is 6.26 Å². The predicted octanol–water partition coefficient (Wildman–Crippen LogP) is 3.29. The van der Waals surface area contributed by atoms with Crippen molar-refractivity contribution in [3.05, 3.63) is 11.0 Å². The van der Waals surface area contributed by atoms with Gasteiger partial charge < -0.3 is 14.4 Å². The molecule has 1 amide bonds. The number of anilines is 1. The van der Waals surface area contributed by atoms with Gasteiger partial charge in [0.15, 0.2) is 11.0 Å². The van der Waals surface area contributed by atoms with Gasteiger partial charge in [0.1, 0.15) is 22.3 Å². The fourth-order valence-electron chi connectivity index (χ4n) is 5.02. The minimum atomic E-state index is -1.55. The lowest BCUT2D eigenvalue weighted by Gasteiger charge is -2.48. The summed E-state index contributed by atoms with van der Waals surface area (Å²) in [7, 11) is -1.55. The Morgan fingerprint density at radius 3 is 2.67 bits per heavy atom. The highest BCUT2D eigenvalue weighted by Gasteiger charge is 2.50. The number of fused-ring (bicyclic) bond motifs is 5. The SMILES string of the molecule is CS(=O)c1nc2c3c(nc(Cl)c(F)c3n1)OCCC1[C@@H]3CC[C@H](CN21)N3C(=O)OC(C)(C)C. The molecule has 0 spiro atoms. The number of rotatable bonds is 1. The van der Waals surface area contributed by atoms with Gasteiger partial charge in [0.2, 0.25) is 11.0 Å². The van der Waals surface area contributed by atoms with Crippen molar-refractivity contribution in [3.8, 4) is 5.88 Å². The van der Waals surface area contributed by atoms with Gasteiger partial charge in [0, 0.05) is 19.2 Å². The summed E-state index contributed by atoms with van der Waals surface area (Å²) in [5.41, 5.74) is -0.666. The molecule has 2 bridgehead atoms. The van der Waals surface area contributed by atoms with Crippen LogP contribution in [0.5, 0.6) is 5.88 Å². The molecule has 5 rings (SSSR count). The highest BCUT2D eigenvalue weighted by atomic mass is 35.5. The van der Waals surface area contributed by atoms with Gasteiger partial charge in [-0.2, -0.15) is 4.98 Å². The van der Waals surface area contributed by atoms with Crippen LogP contribution >= 0.6 is 11.6 Å². The van der Waals surface area contributed by atoms with E-state index in [1.807, 2.05) is 25.7 Å². The molecule has 3 aliphatic rings. The van der Waals surface area contributed by atoms with E-state index in [1.54, 1.807) is 0 Å². The molecule has 2 aromatic rings. The zero-order valence-corrected chi connectivity index (χ0v) is 20.4. The van der Waals surface area contributed by atoms with E-state index < -0.39 is 22.2 Å². The first-order chi connectivity index (χ1) is 15.5. The van der Waals surface area contributed by atoms with Gasteiger partial charge in [-0.15, -0.1) is 0 Å². The van der Waals surface area contributed by atoms with Crippen molar-refractivity contribution in [3.63, 3.8) is 0 Å².